The maximum Gasteiger partial charge on any atom is 0.160 e. The summed E-state index contributed by atoms with van der Waals surface area (Å²) in [6.45, 7) is 1.82. The van der Waals surface area contributed by atoms with Gasteiger partial charge in [-0.05, 0) is 13.0 Å². The largest absolute Gasteiger partial charge is 0.298 e. The van der Waals surface area contributed by atoms with Gasteiger partial charge in [-0.25, -0.2) is 0 Å². The van der Waals surface area contributed by atoms with Crippen molar-refractivity contribution >= 4 is 23.9 Å². The Bertz CT molecular complexity index is 263. The molecule has 0 saturated carbocycles. The first-order valence-corrected chi connectivity index (χ1v) is 3.60. The molecule has 0 aliphatic carbocycles. The topological polar surface area (TPSA) is 34.1 Å². The normalized spacial score (nSPS) is 9.30. The minimum absolute atomic E-state index is 0.611. The number of thiophene rings is 1. The summed E-state index contributed by atoms with van der Waals surface area (Å²) in [7, 11) is 0. The standard InChI is InChI=1S/C7H6O2S/c1-5-6(3-8)2-7(4-9)10-5/h2-4H,1H3. The quantitative estimate of drug-likeness (QED) is 0.607. The van der Waals surface area contributed by atoms with Crippen LogP contribution in [-0.2, 0) is 0 Å². The second-order valence-corrected chi connectivity index (χ2v) is 3.18. The molecule has 0 aliphatic heterocycles. The zero-order chi connectivity index (χ0) is 7.56. The number of hydrogen-bond acceptors (Lipinski definition) is 3. The Balaban J connectivity index is 3.15. The van der Waals surface area contributed by atoms with Crippen molar-refractivity contribution in [2.45, 2.75) is 6.92 Å². The van der Waals surface area contributed by atoms with E-state index in [0.29, 0.717) is 10.4 Å². The molecule has 0 saturated heterocycles. The van der Waals surface area contributed by atoms with E-state index in [1.807, 2.05) is 6.92 Å². The Hall–Kier alpha value is -0.960. The first-order chi connectivity index (χ1) is 4.77. The number of hydrogen-bond donors (Lipinski definition) is 0. The summed E-state index contributed by atoms with van der Waals surface area (Å²) >= 11 is 1.34. The van der Waals surface area contributed by atoms with Gasteiger partial charge in [-0.1, -0.05) is 0 Å². The van der Waals surface area contributed by atoms with Gasteiger partial charge in [-0.3, -0.25) is 9.59 Å². The minimum Gasteiger partial charge on any atom is -0.298 e. The average Bonchev–Trinajstić information content (AvgIpc) is 2.30. The molecule has 10 heavy (non-hydrogen) atoms. The molecule has 0 amide bonds. The molecule has 0 unspecified atom stereocenters. The van der Waals surface area contributed by atoms with Crippen molar-refractivity contribution in [3.63, 3.8) is 0 Å². The first kappa shape index (κ1) is 7.15. The third-order valence-corrected chi connectivity index (χ3v) is 2.21. The van der Waals surface area contributed by atoms with Crippen LogP contribution in [0.2, 0.25) is 0 Å². The van der Waals surface area contributed by atoms with E-state index in [1.54, 1.807) is 6.07 Å². The van der Waals surface area contributed by atoms with Gasteiger partial charge in [0.2, 0.25) is 0 Å². The van der Waals surface area contributed by atoms with Gasteiger partial charge in [0.05, 0.1) is 4.88 Å². The van der Waals surface area contributed by atoms with E-state index in [9.17, 15) is 9.59 Å². The Kier molecular flexibility index (Phi) is 1.97. The SMILES string of the molecule is Cc1sc(C=O)cc1C=O. The van der Waals surface area contributed by atoms with E-state index in [-0.39, 0.29) is 0 Å². The average molecular weight is 154 g/mol. The van der Waals surface area contributed by atoms with E-state index >= 15 is 0 Å². The number of carbonyl (C=O) groups excluding carboxylic acids is 2. The summed E-state index contributed by atoms with van der Waals surface area (Å²) < 4.78 is 0. The predicted octanol–water partition coefficient (Wildman–Crippen LogP) is 1.68. The molecule has 0 radical (unpaired) electrons. The van der Waals surface area contributed by atoms with Crippen LogP contribution in [0.1, 0.15) is 24.9 Å². The molecule has 1 aromatic rings. The van der Waals surface area contributed by atoms with Crippen molar-refractivity contribution < 1.29 is 9.59 Å². The molecular formula is C7H6O2S. The summed E-state index contributed by atoms with van der Waals surface area (Å²) in [5.74, 6) is 0. The molecular weight excluding hydrogens is 148 g/mol. The van der Waals surface area contributed by atoms with Crippen LogP contribution in [0.25, 0.3) is 0 Å². The van der Waals surface area contributed by atoms with Gasteiger partial charge in [-0.2, -0.15) is 0 Å². The highest BCUT2D eigenvalue weighted by atomic mass is 32.1. The monoisotopic (exact) mass is 154 g/mol. The molecule has 3 heteroatoms. The van der Waals surface area contributed by atoms with Gasteiger partial charge in [0, 0.05) is 10.4 Å². The van der Waals surface area contributed by atoms with Crippen LogP contribution in [0, 0.1) is 6.92 Å². The van der Waals surface area contributed by atoms with Gasteiger partial charge in [-0.15, -0.1) is 11.3 Å². The van der Waals surface area contributed by atoms with Gasteiger partial charge < -0.3 is 0 Å². The van der Waals surface area contributed by atoms with E-state index < -0.39 is 0 Å². The first-order valence-electron chi connectivity index (χ1n) is 2.78. The fourth-order valence-corrected chi connectivity index (χ4v) is 1.51. The molecule has 1 aromatic heterocycles. The van der Waals surface area contributed by atoms with Crippen LogP contribution in [0.15, 0.2) is 6.07 Å². The third kappa shape index (κ3) is 1.14. The highest BCUT2D eigenvalue weighted by Gasteiger charge is 2.01. The maximum absolute atomic E-state index is 10.2. The summed E-state index contributed by atoms with van der Waals surface area (Å²) in [4.78, 5) is 21.9. The van der Waals surface area contributed by atoms with Gasteiger partial charge in [0.25, 0.3) is 0 Å². The summed E-state index contributed by atoms with van der Waals surface area (Å²) in [5.41, 5.74) is 0.618. The molecule has 0 bridgehead atoms. The molecule has 1 rings (SSSR count). The van der Waals surface area contributed by atoms with Crippen LogP contribution < -0.4 is 0 Å². The number of carbonyl (C=O) groups is 2. The Morgan fingerprint density at radius 1 is 1.40 bits per heavy atom. The van der Waals surface area contributed by atoms with Crippen molar-refractivity contribution in [2.24, 2.45) is 0 Å². The summed E-state index contributed by atoms with van der Waals surface area (Å²) in [5, 5.41) is 0. The van der Waals surface area contributed by atoms with E-state index in [1.165, 1.54) is 11.3 Å². The fourth-order valence-electron chi connectivity index (χ4n) is 0.695. The van der Waals surface area contributed by atoms with Crippen LogP contribution in [0.4, 0.5) is 0 Å². The Labute approximate surface area is 62.5 Å². The zero-order valence-corrected chi connectivity index (χ0v) is 6.27. The van der Waals surface area contributed by atoms with E-state index in [2.05, 4.69) is 0 Å². The van der Waals surface area contributed by atoms with Gasteiger partial charge >= 0.3 is 0 Å². The van der Waals surface area contributed by atoms with Crippen LogP contribution >= 0.6 is 11.3 Å². The molecule has 2 nitrogen and oxygen atoms in total. The number of aryl methyl sites for hydroxylation is 1. The molecule has 1 heterocycles. The van der Waals surface area contributed by atoms with Crippen molar-refractivity contribution in [1.82, 2.24) is 0 Å². The van der Waals surface area contributed by atoms with Crippen molar-refractivity contribution in [3.8, 4) is 0 Å². The lowest BCUT2D eigenvalue weighted by molar-refractivity contribution is 0.112. The van der Waals surface area contributed by atoms with Gasteiger partial charge in [0.15, 0.2) is 12.6 Å². The molecule has 0 N–H and O–H groups in total. The highest BCUT2D eigenvalue weighted by Crippen LogP contribution is 2.17. The molecule has 0 aromatic carbocycles. The minimum atomic E-state index is 0.611. The number of aldehydes is 2. The molecule has 0 fully saturated rings. The second-order valence-electron chi connectivity index (χ2n) is 1.90. The lowest BCUT2D eigenvalue weighted by atomic mass is 10.3. The smallest absolute Gasteiger partial charge is 0.160 e. The van der Waals surface area contributed by atoms with E-state index in [4.69, 9.17) is 0 Å². The third-order valence-electron chi connectivity index (χ3n) is 1.22. The number of rotatable bonds is 2. The Morgan fingerprint density at radius 3 is 2.40 bits per heavy atom. The maximum atomic E-state index is 10.2. The summed E-state index contributed by atoms with van der Waals surface area (Å²) in [6.07, 6.45) is 1.52. The van der Waals surface area contributed by atoms with Crippen LogP contribution in [0.3, 0.4) is 0 Å². The molecule has 52 valence electrons. The fraction of sp³-hybridized carbons (Fsp3) is 0.143. The van der Waals surface area contributed by atoms with Gasteiger partial charge in [0.1, 0.15) is 0 Å². The van der Waals surface area contributed by atoms with Crippen LogP contribution in [0.5, 0.6) is 0 Å². The highest BCUT2D eigenvalue weighted by molar-refractivity contribution is 7.13. The second kappa shape index (κ2) is 2.75. The zero-order valence-electron chi connectivity index (χ0n) is 5.46. The molecule has 0 spiro atoms. The van der Waals surface area contributed by atoms with Crippen molar-refractivity contribution in [2.75, 3.05) is 0 Å². The lowest BCUT2D eigenvalue weighted by Gasteiger charge is -1.78. The van der Waals surface area contributed by atoms with Crippen molar-refractivity contribution in [1.29, 1.82) is 0 Å². The van der Waals surface area contributed by atoms with Crippen molar-refractivity contribution in [3.05, 3.63) is 21.4 Å². The molecule has 0 atom stereocenters. The predicted molar refractivity (Wildman–Crippen MR) is 39.8 cm³/mol. The lowest BCUT2D eigenvalue weighted by Crippen LogP contribution is -1.74. The Morgan fingerprint density at radius 2 is 2.10 bits per heavy atom. The molecule has 0 aliphatic rings. The van der Waals surface area contributed by atoms with Crippen LogP contribution in [-0.4, -0.2) is 12.6 Å². The summed E-state index contributed by atoms with van der Waals surface area (Å²) in [6, 6.07) is 1.60. The van der Waals surface area contributed by atoms with E-state index in [0.717, 1.165) is 17.4 Å².